The van der Waals surface area contributed by atoms with E-state index in [0.717, 1.165) is 22.4 Å². The molecular formula is C19H20N2O3S. The second-order valence-corrected chi connectivity index (χ2v) is 7.08. The summed E-state index contributed by atoms with van der Waals surface area (Å²) in [7, 11) is 0. The van der Waals surface area contributed by atoms with Gasteiger partial charge >= 0.3 is 5.97 Å². The van der Waals surface area contributed by atoms with Gasteiger partial charge in [0.15, 0.2) is 0 Å². The Labute approximate surface area is 149 Å². The van der Waals surface area contributed by atoms with Gasteiger partial charge in [0.2, 0.25) is 0 Å². The van der Waals surface area contributed by atoms with Crippen LogP contribution in [0.4, 0.5) is 0 Å². The van der Waals surface area contributed by atoms with E-state index in [2.05, 4.69) is 4.98 Å². The predicted octanol–water partition coefficient (Wildman–Crippen LogP) is 3.95. The molecule has 3 rings (SSSR count). The molecule has 0 amide bonds. The predicted molar refractivity (Wildman–Crippen MR) is 100 cm³/mol. The quantitative estimate of drug-likeness (QED) is 0.650. The maximum atomic E-state index is 13.1. The molecule has 0 aliphatic heterocycles. The standard InChI is InChI=1S/C19H20N2O3S/c1-4-10-24-19(23)12(2)21-11-20-17-16(18(21)22)15(13(3)25-17)14-8-6-5-7-9-14/h5-9,11-12H,4,10H2,1-3H3/t12-/m1/s1. The fourth-order valence-electron chi connectivity index (χ4n) is 2.78. The molecule has 0 bridgehead atoms. The van der Waals surface area contributed by atoms with E-state index in [1.165, 1.54) is 22.2 Å². The zero-order valence-electron chi connectivity index (χ0n) is 14.5. The number of thiophene rings is 1. The lowest BCUT2D eigenvalue weighted by molar-refractivity contribution is -0.147. The Morgan fingerprint density at radius 2 is 2.04 bits per heavy atom. The van der Waals surface area contributed by atoms with E-state index in [1.807, 2.05) is 44.2 Å². The molecular weight excluding hydrogens is 336 g/mol. The van der Waals surface area contributed by atoms with Crippen LogP contribution in [0.5, 0.6) is 0 Å². The summed E-state index contributed by atoms with van der Waals surface area (Å²) in [5, 5.41) is 0.561. The van der Waals surface area contributed by atoms with Crippen LogP contribution in [0.2, 0.25) is 0 Å². The molecule has 6 heteroatoms. The van der Waals surface area contributed by atoms with Gasteiger partial charge in [0.1, 0.15) is 10.9 Å². The van der Waals surface area contributed by atoms with E-state index in [1.54, 1.807) is 6.92 Å². The molecule has 3 aromatic rings. The molecule has 2 aromatic heterocycles. The van der Waals surface area contributed by atoms with Crippen molar-refractivity contribution in [2.45, 2.75) is 33.2 Å². The van der Waals surface area contributed by atoms with Crippen molar-refractivity contribution in [1.29, 1.82) is 0 Å². The van der Waals surface area contributed by atoms with E-state index in [0.29, 0.717) is 16.8 Å². The first-order valence-electron chi connectivity index (χ1n) is 8.26. The molecule has 1 atom stereocenters. The summed E-state index contributed by atoms with van der Waals surface area (Å²) in [6.45, 7) is 5.92. The summed E-state index contributed by atoms with van der Waals surface area (Å²) in [6, 6.07) is 9.07. The van der Waals surface area contributed by atoms with Gasteiger partial charge in [-0.2, -0.15) is 0 Å². The van der Waals surface area contributed by atoms with E-state index >= 15 is 0 Å². The third-order valence-corrected chi connectivity index (χ3v) is 5.10. The van der Waals surface area contributed by atoms with Crippen LogP contribution in [-0.2, 0) is 9.53 Å². The van der Waals surface area contributed by atoms with E-state index in [-0.39, 0.29) is 5.56 Å². The maximum Gasteiger partial charge on any atom is 0.328 e. The summed E-state index contributed by atoms with van der Waals surface area (Å²) >= 11 is 1.49. The first-order valence-corrected chi connectivity index (χ1v) is 9.08. The van der Waals surface area contributed by atoms with Crippen LogP contribution in [0.25, 0.3) is 21.3 Å². The van der Waals surface area contributed by atoms with Crippen LogP contribution in [0.15, 0.2) is 41.5 Å². The van der Waals surface area contributed by atoms with E-state index in [9.17, 15) is 9.59 Å². The Bertz CT molecular complexity index is 960. The number of aryl methyl sites for hydroxylation is 1. The third kappa shape index (κ3) is 3.22. The Morgan fingerprint density at radius 3 is 2.72 bits per heavy atom. The SMILES string of the molecule is CCCOC(=O)[C@@H](C)n1cnc2sc(C)c(-c3ccccc3)c2c1=O. The Morgan fingerprint density at radius 1 is 1.32 bits per heavy atom. The summed E-state index contributed by atoms with van der Waals surface area (Å²) < 4.78 is 6.53. The zero-order valence-corrected chi connectivity index (χ0v) is 15.3. The number of fused-ring (bicyclic) bond motifs is 1. The summed E-state index contributed by atoms with van der Waals surface area (Å²) in [5.74, 6) is -0.418. The molecule has 130 valence electrons. The number of hydrogen-bond acceptors (Lipinski definition) is 5. The number of nitrogens with zero attached hydrogens (tertiary/aromatic N) is 2. The lowest BCUT2D eigenvalue weighted by Gasteiger charge is -2.14. The lowest BCUT2D eigenvalue weighted by atomic mass is 10.0. The highest BCUT2D eigenvalue weighted by Crippen LogP contribution is 2.35. The van der Waals surface area contributed by atoms with E-state index < -0.39 is 12.0 Å². The van der Waals surface area contributed by atoms with Crippen LogP contribution >= 0.6 is 11.3 Å². The first kappa shape index (κ1) is 17.4. The van der Waals surface area contributed by atoms with Crippen LogP contribution in [0.3, 0.4) is 0 Å². The third-order valence-electron chi connectivity index (χ3n) is 4.08. The van der Waals surface area contributed by atoms with Crippen molar-refractivity contribution in [3.8, 4) is 11.1 Å². The second kappa shape index (κ2) is 7.19. The number of rotatable bonds is 5. The molecule has 0 saturated heterocycles. The average Bonchev–Trinajstić information content (AvgIpc) is 2.97. The van der Waals surface area contributed by atoms with Crippen LogP contribution in [0, 0.1) is 6.92 Å². The van der Waals surface area contributed by atoms with Crippen molar-refractivity contribution in [2.75, 3.05) is 6.61 Å². The highest BCUT2D eigenvalue weighted by molar-refractivity contribution is 7.19. The first-order chi connectivity index (χ1) is 12.0. The molecule has 0 saturated carbocycles. The smallest absolute Gasteiger partial charge is 0.328 e. The molecule has 0 N–H and O–H groups in total. The van der Waals surface area contributed by atoms with Gasteiger partial charge < -0.3 is 4.74 Å². The number of carbonyl (C=O) groups excluding carboxylic acids is 1. The number of ether oxygens (including phenoxy) is 1. The Hall–Kier alpha value is -2.47. The van der Waals surface area contributed by atoms with Crippen LogP contribution < -0.4 is 5.56 Å². The summed E-state index contributed by atoms with van der Waals surface area (Å²) in [6.07, 6.45) is 2.18. The van der Waals surface area contributed by atoms with Gasteiger partial charge in [0, 0.05) is 10.4 Å². The highest BCUT2D eigenvalue weighted by atomic mass is 32.1. The largest absolute Gasteiger partial charge is 0.464 e. The molecule has 25 heavy (non-hydrogen) atoms. The van der Waals surface area contributed by atoms with Crippen molar-refractivity contribution in [2.24, 2.45) is 0 Å². The molecule has 2 heterocycles. The monoisotopic (exact) mass is 356 g/mol. The number of carbonyl (C=O) groups is 1. The van der Waals surface area contributed by atoms with Gasteiger partial charge in [-0.1, -0.05) is 37.3 Å². The van der Waals surface area contributed by atoms with Gasteiger partial charge in [-0.05, 0) is 25.8 Å². The Kier molecular flexibility index (Phi) is 4.99. The molecule has 0 aliphatic rings. The minimum absolute atomic E-state index is 0.214. The number of hydrogen-bond donors (Lipinski definition) is 0. The van der Waals surface area contributed by atoms with Crippen molar-refractivity contribution < 1.29 is 9.53 Å². The molecule has 5 nitrogen and oxygen atoms in total. The zero-order chi connectivity index (χ0) is 18.0. The van der Waals surface area contributed by atoms with Gasteiger partial charge in [-0.25, -0.2) is 9.78 Å². The fourth-order valence-corrected chi connectivity index (χ4v) is 3.78. The van der Waals surface area contributed by atoms with Crippen molar-refractivity contribution in [1.82, 2.24) is 9.55 Å². The maximum absolute atomic E-state index is 13.1. The number of benzene rings is 1. The lowest BCUT2D eigenvalue weighted by Crippen LogP contribution is -2.29. The van der Waals surface area contributed by atoms with Gasteiger partial charge in [-0.15, -0.1) is 11.3 Å². The van der Waals surface area contributed by atoms with Crippen LogP contribution in [-0.4, -0.2) is 22.1 Å². The fraction of sp³-hybridized carbons (Fsp3) is 0.316. The summed E-state index contributed by atoms with van der Waals surface area (Å²) in [5.41, 5.74) is 1.65. The topological polar surface area (TPSA) is 61.2 Å². The van der Waals surface area contributed by atoms with Crippen molar-refractivity contribution in [3.05, 3.63) is 51.9 Å². The highest BCUT2D eigenvalue weighted by Gasteiger charge is 2.22. The second-order valence-electron chi connectivity index (χ2n) is 5.88. The molecule has 1 aromatic carbocycles. The average molecular weight is 356 g/mol. The molecule has 0 fully saturated rings. The van der Waals surface area contributed by atoms with Gasteiger partial charge in [-0.3, -0.25) is 9.36 Å². The molecule has 0 spiro atoms. The van der Waals surface area contributed by atoms with E-state index in [4.69, 9.17) is 4.74 Å². The summed E-state index contributed by atoms with van der Waals surface area (Å²) in [4.78, 5) is 31.3. The Balaban J connectivity index is 2.14. The normalized spacial score (nSPS) is 12.3. The minimum atomic E-state index is -0.709. The minimum Gasteiger partial charge on any atom is -0.464 e. The van der Waals surface area contributed by atoms with Crippen molar-refractivity contribution in [3.63, 3.8) is 0 Å². The van der Waals surface area contributed by atoms with Gasteiger partial charge in [0.25, 0.3) is 5.56 Å². The molecule has 0 aliphatic carbocycles. The molecule has 0 radical (unpaired) electrons. The molecule has 0 unspecified atom stereocenters. The van der Waals surface area contributed by atoms with Crippen LogP contribution in [0.1, 0.15) is 31.2 Å². The van der Waals surface area contributed by atoms with Crippen molar-refractivity contribution >= 4 is 27.5 Å². The van der Waals surface area contributed by atoms with Gasteiger partial charge in [0.05, 0.1) is 18.3 Å². The number of aromatic nitrogens is 2. The number of esters is 1.